The van der Waals surface area contributed by atoms with Gasteiger partial charge < -0.3 is 10.2 Å². The lowest BCUT2D eigenvalue weighted by molar-refractivity contribution is -0.140. The summed E-state index contributed by atoms with van der Waals surface area (Å²) in [5.41, 5.74) is 2.92. The molecule has 0 fully saturated rings. The van der Waals surface area contributed by atoms with Gasteiger partial charge in [-0.05, 0) is 73.4 Å². The number of amides is 2. The Morgan fingerprint density at radius 1 is 0.841 bits per heavy atom. The van der Waals surface area contributed by atoms with Gasteiger partial charge in [0.25, 0.3) is 10.0 Å². The number of hydrogen-bond donors (Lipinski definition) is 1. The van der Waals surface area contributed by atoms with Gasteiger partial charge in [-0.3, -0.25) is 13.9 Å². The number of sulfonamides is 1. The van der Waals surface area contributed by atoms with Gasteiger partial charge in [0.1, 0.15) is 12.6 Å². The topological polar surface area (TPSA) is 86.8 Å². The van der Waals surface area contributed by atoms with Crippen LogP contribution in [0, 0.1) is 6.92 Å². The van der Waals surface area contributed by atoms with E-state index in [1.54, 1.807) is 36.4 Å². The van der Waals surface area contributed by atoms with Crippen LogP contribution in [0.1, 0.15) is 37.0 Å². The van der Waals surface area contributed by atoms with Crippen LogP contribution in [0.2, 0.25) is 0 Å². The molecule has 2 atom stereocenters. The summed E-state index contributed by atoms with van der Waals surface area (Å²) in [5, 5.41) is 3.06. The molecule has 44 heavy (non-hydrogen) atoms. The summed E-state index contributed by atoms with van der Waals surface area (Å²) in [7, 11) is -4.13. The van der Waals surface area contributed by atoms with E-state index >= 15 is 0 Å². The Kier molecular flexibility index (Phi) is 11.4. The van der Waals surface area contributed by atoms with Crippen molar-refractivity contribution in [3.05, 3.63) is 130 Å². The molecule has 0 saturated carbocycles. The van der Waals surface area contributed by atoms with Crippen LogP contribution in [0.15, 0.2) is 119 Å². The number of nitrogens with zero attached hydrogens (tertiary/aromatic N) is 2. The molecule has 9 heteroatoms. The van der Waals surface area contributed by atoms with Crippen LogP contribution in [0.5, 0.6) is 0 Å². The summed E-state index contributed by atoms with van der Waals surface area (Å²) >= 11 is 3.46. The predicted octanol–water partition coefficient (Wildman–Crippen LogP) is 6.51. The third-order valence-electron chi connectivity index (χ3n) is 7.44. The van der Waals surface area contributed by atoms with Gasteiger partial charge in [0.05, 0.1) is 10.6 Å². The first-order chi connectivity index (χ1) is 21.1. The summed E-state index contributed by atoms with van der Waals surface area (Å²) in [6.45, 7) is 5.40. The Morgan fingerprint density at radius 3 is 2.09 bits per heavy atom. The molecule has 0 radical (unpaired) electrons. The van der Waals surface area contributed by atoms with E-state index in [0.29, 0.717) is 5.69 Å². The van der Waals surface area contributed by atoms with Gasteiger partial charge in [-0.1, -0.05) is 95.7 Å². The first-order valence-electron chi connectivity index (χ1n) is 14.6. The number of anilines is 1. The minimum Gasteiger partial charge on any atom is -0.352 e. The first-order valence-corrected chi connectivity index (χ1v) is 16.8. The lowest BCUT2D eigenvalue weighted by Crippen LogP contribution is -2.54. The van der Waals surface area contributed by atoms with E-state index in [1.165, 1.54) is 17.0 Å². The lowest BCUT2D eigenvalue weighted by Gasteiger charge is -2.34. The minimum atomic E-state index is -4.13. The zero-order valence-corrected chi connectivity index (χ0v) is 27.6. The summed E-state index contributed by atoms with van der Waals surface area (Å²) in [6, 6.07) is 31.2. The van der Waals surface area contributed by atoms with E-state index in [9.17, 15) is 18.0 Å². The number of rotatable bonds is 13. The van der Waals surface area contributed by atoms with Crippen LogP contribution < -0.4 is 9.62 Å². The van der Waals surface area contributed by atoms with Gasteiger partial charge in [0.15, 0.2) is 0 Å². The third kappa shape index (κ3) is 8.57. The van der Waals surface area contributed by atoms with Crippen molar-refractivity contribution in [2.24, 2.45) is 0 Å². The molecular formula is C35H38BrN3O4S. The van der Waals surface area contributed by atoms with Crippen molar-refractivity contribution in [1.29, 1.82) is 0 Å². The van der Waals surface area contributed by atoms with Crippen LogP contribution in [0.4, 0.5) is 5.69 Å². The molecule has 4 aromatic rings. The van der Waals surface area contributed by atoms with Crippen LogP contribution in [0.3, 0.4) is 0 Å². The fourth-order valence-corrected chi connectivity index (χ4v) is 6.50. The standard InChI is InChI=1S/C35H38BrN3O4S/c1-4-27(3)37-35(41)33(23-28-13-7-5-8-14-28)38(24-29-18-20-30(36)21-19-29)34(40)25-39(31-15-11-12-26(2)22-31)44(42,43)32-16-9-6-10-17-32/h5-22,27,33H,4,23-25H2,1-3H3,(H,37,41). The summed E-state index contributed by atoms with van der Waals surface area (Å²) in [5.74, 6) is -0.782. The predicted molar refractivity (Wildman–Crippen MR) is 179 cm³/mol. The summed E-state index contributed by atoms with van der Waals surface area (Å²) < 4.78 is 30.1. The SMILES string of the molecule is CCC(C)NC(=O)C(Cc1ccccc1)N(Cc1ccc(Br)cc1)C(=O)CN(c1cccc(C)c1)S(=O)(=O)c1ccccc1. The maximum Gasteiger partial charge on any atom is 0.264 e. The molecule has 230 valence electrons. The molecule has 0 aliphatic heterocycles. The second-order valence-electron chi connectivity index (χ2n) is 10.8. The largest absolute Gasteiger partial charge is 0.352 e. The van der Waals surface area contributed by atoms with Gasteiger partial charge >= 0.3 is 0 Å². The Morgan fingerprint density at radius 2 is 1.48 bits per heavy atom. The van der Waals surface area contributed by atoms with Crippen molar-refractivity contribution in [3.8, 4) is 0 Å². The monoisotopic (exact) mass is 675 g/mol. The summed E-state index contributed by atoms with van der Waals surface area (Å²) in [4.78, 5) is 29.9. The molecule has 2 amide bonds. The third-order valence-corrected chi connectivity index (χ3v) is 9.75. The van der Waals surface area contributed by atoms with E-state index in [2.05, 4.69) is 21.2 Å². The molecule has 0 bridgehead atoms. The first kappa shape index (κ1) is 33.0. The van der Waals surface area contributed by atoms with Gasteiger partial charge in [-0.15, -0.1) is 0 Å². The number of carbonyl (C=O) groups excluding carboxylic acids is 2. The maximum absolute atomic E-state index is 14.5. The zero-order valence-electron chi connectivity index (χ0n) is 25.2. The number of carbonyl (C=O) groups is 2. The van der Waals surface area contributed by atoms with Crippen molar-refractivity contribution < 1.29 is 18.0 Å². The Bertz CT molecular complexity index is 1650. The van der Waals surface area contributed by atoms with Crippen LogP contribution in [-0.4, -0.2) is 43.8 Å². The van der Waals surface area contributed by atoms with E-state index < -0.39 is 28.5 Å². The molecule has 0 heterocycles. The van der Waals surface area contributed by atoms with Crippen molar-refractivity contribution in [1.82, 2.24) is 10.2 Å². The zero-order chi connectivity index (χ0) is 31.7. The second kappa shape index (κ2) is 15.2. The van der Waals surface area contributed by atoms with Gasteiger partial charge in [-0.2, -0.15) is 0 Å². The molecule has 0 aliphatic carbocycles. The molecule has 4 aromatic carbocycles. The number of benzene rings is 4. The summed E-state index contributed by atoms with van der Waals surface area (Å²) in [6.07, 6.45) is 0.988. The molecule has 0 aliphatic rings. The average molecular weight is 677 g/mol. The van der Waals surface area contributed by atoms with E-state index in [4.69, 9.17) is 0 Å². The van der Waals surface area contributed by atoms with Gasteiger partial charge in [0.2, 0.25) is 11.8 Å². The lowest BCUT2D eigenvalue weighted by atomic mass is 10.0. The van der Waals surface area contributed by atoms with Crippen molar-refractivity contribution in [2.75, 3.05) is 10.8 Å². The molecule has 0 saturated heterocycles. The molecule has 1 N–H and O–H groups in total. The van der Waals surface area contributed by atoms with Crippen LogP contribution in [-0.2, 0) is 32.6 Å². The fourth-order valence-electron chi connectivity index (χ4n) is 4.81. The van der Waals surface area contributed by atoms with Crippen LogP contribution >= 0.6 is 15.9 Å². The fraction of sp³-hybridized carbons (Fsp3) is 0.257. The highest BCUT2D eigenvalue weighted by molar-refractivity contribution is 9.10. The quantitative estimate of drug-likeness (QED) is 0.175. The minimum absolute atomic E-state index is 0.0733. The number of halogens is 1. The number of nitrogens with one attached hydrogen (secondary N) is 1. The number of aryl methyl sites for hydroxylation is 1. The van der Waals surface area contributed by atoms with Crippen molar-refractivity contribution in [2.45, 2.75) is 57.1 Å². The highest BCUT2D eigenvalue weighted by Gasteiger charge is 2.35. The molecule has 4 rings (SSSR count). The van der Waals surface area contributed by atoms with Crippen LogP contribution in [0.25, 0.3) is 0 Å². The molecule has 0 aromatic heterocycles. The maximum atomic E-state index is 14.5. The van der Waals surface area contributed by atoms with Gasteiger partial charge in [-0.25, -0.2) is 8.42 Å². The molecular weight excluding hydrogens is 638 g/mol. The van der Waals surface area contributed by atoms with Gasteiger partial charge in [0, 0.05) is 23.5 Å². The Balaban J connectivity index is 1.80. The average Bonchev–Trinajstić information content (AvgIpc) is 3.03. The highest BCUT2D eigenvalue weighted by Crippen LogP contribution is 2.26. The normalized spacial score (nSPS) is 12.6. The van der Waals surface area contributed by atoms with Crippen molar-refractivity contribution >= 4 is 43.5 Å². The van der Waals surface area contributed by atoms with E-state index in [-0.39, 0.29) is 29.8 Å². The highest BCUT2D eigenvalue weighted by atomic mass is 79.9. The Hall–Kier alpha value is -3.95. The molecule has 2 unspecified atom stereocenters. The van der Waals surface area contributed by atoms with E-state index in [1.807, 2.05) is 81.4 Å². The number of hydrogen-bond acceptors (Lipinski definition) is 4. The smallest absolute Gasteiger partial charge is 0.264 e. The Labute approximate surface area is 269 Å². The second-order valence-corrected chi connectivity index (χ2v) is 13.6. The van der Waals surface area contributed by atoms with E-state index in [0.717, 1.165) is 31.9 Å². The molecule has 0 spiro atoms. The van der Waals surface area contributed by atoms with Crippen molar-refractivity contribution in [3.63, 3.8) is 0 Å². The molecule has 7 nitrogen and oxygen atoms in total.